The molecule has 1 aromatic heterocycles. The van der Waals surface area contributed by atoms with Gasteiger partial charge in [0.15, 0.2) is 0 Å². The number of hydrogen-bond acceptors (Lipinski definition) is 6. The topological polar surface area (TPSA) is 103 Å². The van der Waals surface area contributed by atoms with Gasteiger partial charge in [0.2, 0.25) is 0 Å². The molecule has 1 aliphatic heterocycles. The number of para-hydroxylation sites is 1. The molecular formula is C22H28N4O5. The van der Waals surface area contributed by atoms with Crippen LogP contribution in [-0.4, -0.2) is 51.4 Å². The summed E-state index contributed by atoms with van der Waals surface area (Å²) < 4.78 is 12.0. The minimum Gasteiger partial charge on any atom is -0.462 e. The van der Waals surface area contributed by atoms with Crippen LogP contribution in [-0.2, 0) is 29.5 Å². The maximum absolute atomic E-state index is 13.1. The van der Waals surface area contributed by atoms with Crippen LogP contribution in [0.15, 0.2) is 24.3 Å². The van der Waals surface area contributed by atoms with Gasteiger partial charge >= 0.3 is 12.1 Å². The molecule has 0 spiro atoms. The lowest BCUT2D eigenvalue weighted by atomic mass is 10.0. The second-order valence-electron chi connectivity index (χ2n) is 8.27. The summed E-state index contributed by atoms with van der Waals surface area (Å²) in [6.45, 7) is 8.07. The number of carbonyl (C=O) groups excluding carboxylic acids is 3. The molecule has 0 radical (unpaired) electrons. The molecule has 2 aromatic rings. The first-order valence-corrected chi connectivity index (χ1v) is 10.2. The molecular weight excluding hydrogens is 400 g/mol. The van der Waals surface area contributed by atoms with Crippen molar-refractivity contribution in [1.29, 1.82) is 0 Å². The normalized spacial score (nSPS) is 13.4. The van der Waals surface area contributed by atoms with Gasteiger partial charge in [-0.05, 0) is 39.8 Å². The summed E-state index contributed by atoms with van der Waals surface area (Å²) in [5.74, 6) is -0.930. The molecule has 166 valence electrons. The van der Waals surface area contributed by atoms with Crippen LogP contribution >= 0.6 is 0 Å². The number of anilines is 1. The molecule has 1 aromatic carbocycles. The molecule has 0 atom stereocenters. The van der Waals surface area contributed by atoms with Gasteiger partial charge in [-0.3, -0.25) is 9.48 Å². The Labute approximate surface area is 181 Å². The summed E-state index contributed by atoms with van der Waals surface area (Å²) >= 11 is 0. The highest BCUT2D eigenvalue weighted by Crippen LogP contribution is 2.25. The average molecular weight is 428 g/mol. The predicted molar refractivity (Wildman–Crippen MR) is 114 cm³/mol. The van der Waals surface area contributed by atoms with Crippen LogP contribution in [0.2, 0.25) is 0 Å². The van der Waals surface area contributed by atoms with Crippen molar-refractivity contribution >= 4 is 23.7 Å². The number of amides is 2. The van der Waals surface area contributed by atoms with Crippen LogP contribution in [0.4, 0.5) is 10.5 Å². The van der Waals surface area contributed by atoms with Crippen molar-refractivity contribution in [3.63, 3.8) is 0 Å². The lowest BCUT2D eigenvalue weighted by Crippen LogP contribution is -2.40. The van der Waals surface area contributed by atoms with Gasteiger partial charge in [-0.1, -0.05) is 12.1 Å². The molecule has 3 rings (SSSR count). The number of hydrogen-bond donors (Lipinski definition) is 1. The Morgan fingerprint density at radius 1 is 1.19 bits per heavy atom. The van der Waals surface area contributed by atoms with Crippen molar-refractivity contribution in [3.8, 4) is 0 Å². The van der Waals surface area contributed by atoms with E-state index in [1.165, 1.54) is 4.68 Å². The quantitative estimate of drug-likeness (QED) is 0.751. The van der Waals surface area contributed by atoms with Crippen molar-refractivity contribution in [2.45, 2.75) is 46.3 Å². The fourth-order valence-corrected chi connectivity index (χ4v) is 3.43. The molecule has 0 unspecified atom stereocenters. The summed E-state index contributed by atoms with van der Waals surface area (Å²) in [6, 6.07) is 6.66. The van der Waals surface area contributed by atoms with Gasteiger partial charge in [-0.15, -0.1) is 0 Å². The number of ether oxygens (including phenoxy) is 2. The third-order valence-corrected chi connectivity index (χ3v) is 4.73. The Hall–Kier alpha value is -3.36. The van der Waals surface area contributed by atoms with Crippen LogP contribution < -0.4 is 5.32 Å². The third-order valence-electron chi connectivity index (χ3n) is 4.73. The SMILES string of the molecule is CCOC(=O)c1ccccc1NC(=O)c1c2c(nn1C)CCN(C(=O)OC(C)(C)C)C2. The summed E-state index contributed by atoms with van der Waals surface area (Å²) in [5, 5.41) is 7.24. The molecule has 0 aliphatic carbocycles. The Morgan fingerprint density at radius 2 is 1.90 bits per heavy atom. The first-order valence-electron chi connectivity index (χ1n) is 10.2. The standard InChI is InChI=1S/C22H28N4O5/c1-6-30-20(28)14-9-7-8-10-16(14)23-19(27)18-15-13-26(21(29)31-22(2,3)4)12-11-17(15)24-25(18)5/h7-10H,6,11-13H2,1-5H3,(H,23,27). The molecule has 0 bridgehead atoms. The molecule has 0 saturated carbocycles. The fraction of sp³-hybridized carbons (Fsp3) is 0.455. The van der Waals surface area contributed by atoms with E-state index in [4.69, 9.17) is 9.47 Å². The molecule has 1 aliphatic rings. The fourth-order valence-electron chi connectivity index (χ4n) is 3.43. The van der Waals surface area contributed by atoms with Crippen molar-refractivity contribution in [2.75, 3.05) is 18.5 Å². The summed E-state index contributed by atoms with van der Waals surface area (Å²) in [4.78, 5) is 39.4. The molecule has 31 heavy (non-hydrogen) atoms. The molecule has 2 amide bonds. The van der Waals surface area contributed by atoms with Crippen molar-refractivity contribution in [1.82, 2.24) is 14.7 Å². The van der Waals surface area contributed by atoms with E-state index in [1.807, 2.05) is 20.8 Å². The molecule has 0 fully saturated rings. The summed E-state index contributed by atoms with van der Waals surface area (Å²) in [6.07, 6.45) is 0.0933. The minimum absolute atomic E-state index is 0.223. The Bertz CT molecular complexity index is 1010. The molecule has 1 N–H and O–H groups in total. The van der Waals surface area contributed by atoms with Gasteiger partial charge in [0.25, 0.3) is 5.91 Å². The highest BCUT2D eigenvalue weighted by molar-refractivity contribution is 6.08. The number of carbonyl (C=O) groups is 3. The smallest absolute Gasteiger partial charge is 0.410 e. The molecule has 0 saturated heterocycles. The maximum Gasteiger partial charge on any atom is 0.410 e. The van der Waals surface area contributed by atoms with Gasteiger partial charge in [0.1, 0.15) is 11.3 Å². The van der Waals surface area contributed by atoms with Crippen LogP contribution in [0, 0.1) is 0 Å². The second kappa shape index (κ2) is 8.79. The number of rotatable bonds is 4. The number of esters is 1. The monoisotopic (exact) mass is 428 g/mol. The van der Waals surface area contributed by atoms with E-state index in [-0.39, 0.29) is 18.7 Å². The van der Waals surface area contributed by atoms with Crippen LogP contribution in [0.3, 0.4) is 0 Å². The zero-order valence-electron chi connectivity index (χ0n) is 18.5. The Kier molecular flexibility index (Phi) is 6.33. The maximum atomic E-state index is 13.1. The van der Waals surface area contributed by atoms with Gasteiger partial charge < -0.3 is 19.7 Å². The minimum atomic E-state index is -0.608. The van der Waals surface area contributed by atoms with E-state index in [9.17, 15) is 14.4 Å². The van der Waals surface area contributed by atoms with E-state index < -0.39 is 23.6 Å². The zero-order chi connectivity index (χ0) is 22.8. The van der Waals surface area contributed by atoms with Crippen LogP contribution in [0.5, 0.6) is 0 Å². The van der Waals surface area contributed by atoms with Gasteiger partial charge in [0.05, 0.1) is 30.1 Å². The number of aryl methyl sites for hydroxylation is 1. The Balaban J connectivity index is 1.85. The van der Waals surface area contributed by atoms with E-state index in [1.54, 1.807) is 43.1 Å². The number of fused-ring (bicyclic) bond motifs is 1. The van der Waals surface area contributed by atoms with E-state index in [2.05, 4.69) is 10.4 Å². The van der Waals surface area contributed by atoms with Crippen molar-refractivity contribution in [2.24, 2.45) is 7.05 Å². The average Bonchev–Trinajstić information content (AvgIpc) is 3.02. The summed E-state index contributed by atoms with van der Waals surface area (Å²) in [5.41, 5.74) is 1.78. The van der Waals surface area contributed by atoms with E-state index >= 15 is 0 Å². The molecule has 9 heteroatoms. The third kappa shape index (κ3) is 5.04. The number of benzene rings is 1. The number of nitrogens with one attached hydrogen (secondary N) is 1. The van der Waals surface area contributed by atoms with Gasteiger partial charge in [-0.2, -0.15) is 5.10 Å². The lowest BCUT2D eigenvalue weighted by Gasteiger charge is -2.29. The predicted octanol–water partition coefficient (Wildman–Crippen LogP) is 3.14. The highest BCUT2D eigenvalue weighted by atomic mass is 16.6. The van der Waals surface area contributed by atoms with Crippen LogP contribution in [0.25, 0.3) is 0 Å². The highest BCUT2D eigenvalue weighted by Gasteiger charge is 2.31. The zero-order valence-corrected chi connectivity index (χ0v) is 18.5. The number of aromatic nitrogens is 2. The van der Waals surface area contributed by atoms with Crippen molar-refractivity contribution in [3.05, 3.63) is 46.8 Å². The first kappa shape index (κ1) is 22.3. The summed E-state index contributed by atoms with van der Waals surface area (Å²) in [7, 11) is 1.68. The first-order chi connectivity index (χ1) is 14.6. The van der Waals surface area contributed by atoms with Gasteiger partial charge in [0, 0.05) is 25.6 Å². The molecule has 9 nitrogen and oxygen atoms in total. The van der Waals surface area contributed by atoms with Crippen LogP contribution in [0.1, 0.15) is 59.8 Å². The number of nitrogens with zero attached hydrogens (tertiary/aromatic N) is 3. The van der Waals surface area contributed by atoms with E-state index in [0.717, 1.165) is 5.69 Å². The second-order valence-corrected chi connectivity index (χ2v) is 8.27. The Morgan fingerprint density at radius 3 is 2.58 bits per heavy atom. The van der Waals surface area contributed by atoms with E-state index in [0.29, 0.717) is 29.9 Å². The largest absolute Gasteiger partial charge is 0.462 e. The van der Waals surface area contributed by atoms with Gasteiger partial charge in [-0.25, -0.2) is 9.59 Å². The lowest BCUT2D eigenvalue weighted by molar-refractivity contribution is 0.0222. The molecule has 2 heterocycles. The van der Waals surface area contributed by atoms with Crippen molar-refractivity contribution < 1.29 is 23.9 Å².